The van der Waals surface area contributed by atoms with Gasteiger partial charge in [-0.3, -0.25) is 4.79 Å². The van der Waals surface area contributed by atoms with Crippen LogP contribution in [-0.2, 0) is 4.79 Å². The first-order chi connectivity index (χ1) is 7.56. The molecule has 0 aliphatic rings. The summed E-state index contributed by atoms with van der Waals surface area (Å²) in [6, 6.07) is 0.646. The van der Waals surface area contributed by atoms with Crippen molar-refractivity contribution in [3.05, 3.63) is 20.8 Å². The molecule has 16 heavy (non-hydrogen) atoms. The van der Waals surface area contributed by atoms with E-state index in [1.165, 1.54) is 11.3 Å². The van der Waals surface area contributed by atoms with E-state index >= 15 is 0 Å². The second-order valence-electron chi connectivity index (χ2n) is 2.97. The lowest BCUT2D eigenvalue weighted by Crippen LogP contribution is -2.41. The van der Waals surface area contributed by atoms with Crippen molar-refractivity contribution in [2.75, 3.05) is 6.61 Å². The lowest BCUT2D eigenvalue weighted by molar-refractivity contribution is -0.139. The SMILES string of the molecule is O=C(N[C@H](CCO)C(=O)O)c1sccc1Br. The molecule has 0 unspecified atom stereocenters. The van der Waals surface area contributed by atoms with Gasteiger partial charge in [-0.25, -0.2) is 4.79 Å². The highest BCUT2D eigenvalue weighted by molar-refractivity contribution is 9.10. The van der Waals surface area contributed by atoms with Gasteiger partial charge < -0.3 is 15.5 Å². The molecule has 0 aliphatic heterocycles. The maximum Gasteiger partial charge on any atom is 0.326 e. The standard InChI is InChI=1S/C9H10BrNO4S/c10-5-2-4-16-7(5)8(13)11-6(1-3-12)9(14)15/h2,4,6,12H,1,3H2,(H,11,13)(H,14,15)/t6-/m1/s1. The summed E-state index contributed by atoms with van der Waals surface area (Å²) < 4.78 is 0.628. The number of hydrogen-bond acceptors (Lipinski definition) is 4. The van der Waals surface area contributed by atoms with Crippen molar-refractivity contribution >= 4 is 39.1 Å². The van der Waals surface area contributed by atoms with Crippen LogP contribution in [0, 0.1) is 0 Å². The fourth-order valence-corrected chi connectivity index (χ4v) is 2.52. The molecule has 3 N–H and O–H groups in total. The third-order valence-corrected chi connectivity index (χ3v) is 3.68. The van der Waals surface area contributed by atoms with Crippen LogP contribution in [0.4, 0.5) is 0 Å². The summed E-state index contributed by atoms with van der Waals surface area (Å²) in [5.74, 6) is -1.61. The van der Waals surface area contributed by atoms with Crippen molar-refractivity contribution in [1.82, 2.24) is 5.32 Å². The van der Waals surface area contributed by atoms with Gasteiger partial charge in [-0.1, -0.05) is 0 Å². The maximum absolute atomic E-state index is 11.6. The van der Waals surface area contributed by atoms with Gasteiger partial charge in [0, 0.05) is 17.5 Å². The molecular weight excluding hydrogens is 298 g/mol. The third-order valence-electron chi connectivity index (χ3n) is 1.84. The van der Waals surface area contributed by atoms with Crippen LogP contribution in [0.1, 0.15) is 16.1 Å². The number of carbonyl (C=O) groups is 2. The first kappa shape index (κ1) is 13.1. The lowest BCUT2D eigenvalue weighted by Gasteiger charge is -2.12. The number of carboxylic acids is 1. The minimum absolute atomic E-state index is 0.00985. The Morgan fingerprint density at radius 1 is 1.56 bits per heavy atom. The first-order valence-electron chi connectivity index (χ1n) is 4.43. The number of thiophene rings is 1. The number of aliphatic hydroxyl groups is 1. The van der Waals surface area contributed by atoms with Gasteiger partial charge >= 0.3 is 5.97 Å². The van der Waals surface area contributed by atoms with Gasteiger partial charge in [0.25, 0.3) is 5.91 Å². The topological polar surface area (TPSA) is 86.6 Å². The molecule has 0 radical (unpaired) electrons. The molecule has 1 atom stereocenters. The zero-order valence-electron chi connectivity index (χ0n) is 8.14. The number of aliphatic hydroxyl groups excluding tert-OH is 1. The Morgan fingerprint density at radius 2 is 2.25 bits per heavy atom. The molecule has 7 heteroatoms. The van der Waals surface area contributed by atoms with Gasteiger partial charge in [-0.2, -0.15) is 0 Å². The van der Waals surface area contributed by atoms with E-state index in [0.29, 0.717) is 9.35 Å². The maximum atomic E-state index is 11.6. The first-order valence-corrected chi connectivity index (χ1v) is 6.11. The van der Waals surface area contributed by atoms with E-state index in [0.717, 1.165) is 0 Å². The van der Waals surface area contributed by atoms with Crippen molar-refractivity contribution in [3.63, 3.8) is 0 Å². The fraction of sp³-hybridized carbons (Fsp3) is 0.333. The summed E-state index contributed by atoms with van der Waals surface area (Å²) in [4.78, 5) is 22.8. The van der Waals surface area contributed by atoms with E-state index in [1.807, 2.05) is 0 Å². The van der Waals surface area contributed by atoms with Crippen LogP contribution < -0.4 is 5.32 Å². The number of nitrogens with one attached hydrogen (secondary N) is 1. The van der Waals surface area contributed by atoms with Crippen LogP contribution in [0.3, 0.4) is 0 Å². The molecule has 0 bridgehead atoms. The van der Waals surface area contributed by atoms with Gasteiger partial charge in [0.1, 0.15) is 10.9 Å². The molecule has 5 nitrogen and oxygen atoms in total. The summed E-state index contributed by atoms with van der Waals surface area (Å²) in [6.45, 7) is -0.289. The summed E-state index contributed by atoms with van der Waals surface area (Å²) in [5.41, 5.74) is 0. The average Bonchev–Trinajstić information content (AvgIpc) is 2.63. The van der Waals surface area contributed by atoms with Crippen LogP contribution >= 0.6 is 27.3 Å². The second-order valence-corrected chi connectivity index (χ2v) is 4.74. The van der Waals surface area contributed by atoms with Gasteiger partial charge in [0.15, 0.2) is 0 Å². The lowest BCUT2D eigenvalue weighted by atomic mass is 10.2. The minimum Gasteiger partial charge on any atom is -0.480 e. The van der Waals surface area contributed by atoms with Crippen LogP contribution in [0.15, 0.2) is 15.9 Å². The van der Waals surface area contributed by atoms with E-state index in [4.69, 9.17) is 10.2 Å². The van der Waals surface area contributed by atoms with E-state index in [-0.39, 0.29) is 13.0 Å². The quantitative estimate of drug-likeness (QED) is 0.759. The Morgan fingerprint density at radius 3 is 2.69 bits per heavy atom. The number of halogens is 1. The summed E-state index contributed by atoms with van der Waals surface area (Å²) in [5, 5.41) is 21.5. The zero-order valence-corrected chi connectivity index (χ0v) is 10.5. The normalized spacial score (nSPS) is 12.1. The molecule has 1 aromatic rings. The van der Waals surface area contributed by atoms with Crippen LogP contribution in [0.2, 0.25) is 0 Å². The summed E-state index contributed by atoms with van der Waals surface area (Å²) in [7, 11) is 0. The number of carbonyl (C=O) groups excluding carboxylic acids is 1. The molecular formula is C9H10BrNO4S. The molecule has 1 amide bonds. The number of hydrogen-bond donors (Lipinski definition) is 3. The number of amides is 1. The van der Waals surface area contributed by atoms with Gasteiger partial charge in [-0.15, -0.1) is 11.3 Å². The van der Waals surface area contributed by atoms with Gasteiger partial charge in [0.05, 0.1) is 0 Å². The summed E-state index contributed by atoms with van der Waals surface area (Å²) in [6.07, 6.45) is -0.00985. The van der Waals surface area contributed by atoms with Gasteiger partial charge in [-0.05, 0) is 27.4 Å². The van der Waals surface area contributed by atoms with Crippen molar-refractivity contribution in [3.8, 4) is 0 Å². The summed E-state index contributed by atoms with van der Waals surface area (Å²) >= 11 is 4.40. The van der Waals surface area contributed by atoms with Crippen LogP contribution in [0.25, 0.3) is 0 Å². The Labute approximate surface area is 104 Å². The monoisotopic (exact) mass is 307 g/mol. The minimum atomic E-state index is -1.16. The van der Waals surface area contributed by atoms with E-state index in [9.17, 15) is 9.59 Å². The average molecular weight is 308 g/mol. The molecule has 1 heterocycles. The molecule has 0 saturated heterocycles. The van der Waals surface area contributed by atoms with E-state index < -0.39 is 17.9 Å². The fourth-order valence-electron chi connectivity index (χ4n) is 1.07. The Hall–Kier alpha value is -0.920. The third kappa shape index (κ3) is 3.29. The van der Waals surface area contributed by atoms with Crippen molar-refractivity contribution < 1.29 is 19.8 Å². The molecule has 0 aliphatic carbocycles. The smallest absolute Gasteiger partial charge is 0.326 e. The van der Waals surface area contributed by atoms with Crippen LogP contribution in [-0.4, -0.2) is 34.7 Å². The Balaban J connectivity index is 2.69. The Bertz CT molecular complexity index is 393. The van der Waals surface area contributed by atoms with E-state index in [2.05, 4.69) is 21.2 Å². The molecule has 0 spiro atoms. The predicted molar refractivity (Wildman–Crippen MR) is 62.6 cm³/mol. The molecule has 0 saturated carbocycles. The van der Waals surface area contributed by atoms with Crippen LogP contribution in [0.5, 0.6) is 0 Å². The molecule has 88 valence electrons. The molecule has 0 aromatic carbocycles. The van der Waals surface area contributed by atoms with Crippen molar-refractivity contribution in [2.45, 2.75) is 12.5 Å². The highest BCUT2D eigenvalue weighted by Gasteiger charge is 2.21. The molecule has 0 fully saturated rings. The zero-order chi connectivity index (χ0) is 12.1. The number of rotatable bonds is 5. The number of carboxylic acid groups (broad SMARTS) is 1. The van der Waals surface area contributed by atoms with E-state index in [1.54, 1.807) is 11.4 Å². The van der Waals surface area contributed by atoms with Crippen molar-refractivity contribution in [1.29, 1.82) is 0 Å². The molecule has 1 rings (SSSR count). The van der Waals surface area contributed by atoms with Crippen molar-refractivity contribution in [2.24, 2.45) is 0 Å². The predicted octanol–water partition coefficient (Wildman–Crippen LogP) is 1.08. The largest absolute Gasteiger partial charge is 0.480 e. The van der Waals surface area contributed by atoms with Gasteiger partial charge in [0.2, 0.25) is 0 Å². The number of aliphatic carboxylic acids is 1. The Kier molecular flexibility index (Phi) is 4.91. The second kappa shape index (κ2) is 5.97. The highest BCUT2D eigenvalue weighted by atomic mass is 79.9. The highest BCUT2D eigenvalue weighted by Crippen LogP contribution is 2.22. The molecule has 1 aromatic heterocycles.